The van der Waals surface area contributed by atoms with Gasteiger partial charge in [-0.15, -0.1) is 23.7 Å². The van der Waals surface area contributed by atoms with E-state index in [1.807, 2.05) is 25.1 Å². The molecule has 1 aliphatic heterocycles. The quantitative estimate of drug-likeness (QED) is 0.617. The third-order valence-electron chi connectivity index (χ3n) is 3.55. The minimum absolute atomic E-state index is 0. The number of aryl methyl sites for hydroxylation is 1. The van der Waals surface area contributed by atoms with Crippen molar-refractivity contribution in [3.63, 3.8) is 0 Å². The van der Waals surface area contributed by atoms with Gasteiger partial charge in [-0.05, 0) is 42.8 Å². The fourth-order valence-electron chi connectivity index (χ4n) is 2.57. The van der Waals surface area contributed by atoms with Crippen molar-refractivity contribution in [2.45, 2.75) is 6.92 Å². The van der Waals surface area contributed by atoms with Crippen LogP contribution < -0.4 is 11.1 Å². The number of amidine groups is 1. The molecule has 0 unspecified atom stereocenters. The van der Waals surface area contributed by atoms with Gasteiger partial charge in [-0.3, -0.25) is 0 Å². The van der Waals surface area contributed by atoms with Crippen LogP contribution in [0.2, 0.25) is 0 Å². The Morgan fingerprint density at radius 2 is 2.00 bits per heavy atom. The van der Waals surface area contributed by atoms with Gasteiger partial charge < -0.3 is 11.1 Å². The highest BCUT2D eigenvalue weighted by Gasteiger charge is 2.20. The topological polar surface area (TPSA) is 50.4 Å². The lowest BCUT2D eigenvalue weighted by atomic mass is 10.1. The Labute approximate surface area is 137 Å². The maximum absolute atomic E-state index is 13.4. The Morgan fingerprint density at radius 3 is 2.82 bits per heavy atom. The van der Waals surface area contributed by atoms with E-state index in [9.17, 15) is 4.39 Å². The molecule has 112 valence electrons. The normalized spacial score (nSPS) is 12.5. The number of anilines is 2. The first-order valence-electron chi connectivity index (χ1n) is 6.56. The number of nitrogens with zero attached hydrogens (tertiary/aromatic N) is 1. The minimum atomic E-state index is -0.245. The van der Waals surface area contributed by atoms with E-state index in [1.54, 1.807) is 6.07 Å². The lowest BCUT2D eigenvalue weighted by molar-refractivity contribution is 0.630. The number of nitrogens with two attached hydrogens (primary N) is 1. The first kappa shape index (κ1) is 14.8. The van der Waals surface area contributed by atoms with Crippen molar-refractivity contribution in [3.05, 3.63) is 53.3 Å². The maximum Gasteiger partial charge on any atom is 0.135 e. The first-order chi connectivity index (χ1) is 10.1. The summed E-state index contributed by atoms with van der Waals surface area (Å²) in [7, 11) is 0. The Balaban J connectivity index is 0.00000144. The third kappa shape index (κ3) is 2.23. The van der Waals surface area contributed by atoms with Gasteiger partial charge in [0, 0.05) is 10.1 Å². The zero-order valence-corrected chi connectivity index (χ0v) is 13.3. The van der Waals surface area contributed by atoms with Crippen molar-refractivity contribution in [1.29, 1.82) is 0 Å². The van der Waals surface area contributed by atoms with E-state index in [4.69, 9.17) is 5.73 Å². The number of thiophene rings is 1. The SMILES string of the molecule is Cc1ccc2c(c1)Nc1sc3cc(F)ccc3c1C(N)=N2.Cl. The molecule has 3 nitrogen and oxygen atoms in total. The summed E-state index contributed by atoms with van der Waals surface area (Å²) in [4.78, 5) is 4.51. The summed E-state index contributed by atoms with van der Waals surface area (Å²) in [5.41, 5.74) is 9.90. The molecule has 6 heteroatoms. The highest BCUT2D eigenvalue weighted by atomic mass is 35.5. The molecule has 1 aliphatic rings. The molecular weight excluding hydrogens is 321 g/mol. The van der Waals surface area contributed by atoms with E-state index in [-0.39, 0.29) is 18.2 Å². The zero-order chi connectivity index (χ0) is 14.6. The molecule has 22 heavy (non-hydrogen) atoms. The summed E-state index contributed by atoms with van der Waals surface area (Å²) in [6, 6.07) is 10.7. The van der Waals surface area contributed by atoms with E-state index < -0.39 is 0 Å². The van der Waals surface area contributed by atoms with Gasteiger partial charge in [-0.25, -0.2) is 9.38 Å². The summed E-state index contributed by atoms with van der Waals surface area (Å²) in [5.74, 6) is 0.212. The van der Waals surface area contributed by atoms with Crippen LogP contribution >= 0.6 is 23.7 Å². The lowest BCUT2D eigenvalue weighted by Gasteiger charge is -2.06. The molecule has 0 amide bonds. The van der Waals surface area contributed by atoms with Gasteiger partial charge in [0.25, 0.3) is 0 Å². The average Bonchev–Trinajstić information content (AvgIpc) is 2.72. The van der Waals surface area contributed by atoms with Crippen LogP contribution in [0.3, 0.4) is 0 Å². The van der Waals surface area contributed by atoms with Gasteiger partial charge in [-0.2, -0.15) is 0 Å². The molecular formula is C16H13ClFN3S. The smallest absolute Gasteiger partial charge is 0.135 e. The van der Waals surface area contributed by atoms with Gasteiger partial charge in [0.2, 0.25) is 0 Å². The summed E-state index contributed by atoms with van der Waals surface area (Å²) >= 11 is 1.49. The van der Waals surface area contributed by atoms with E-state index in [0.717, 1.165) is 37.6 Å². The molecule has 0 saturated carbocycles. The molecule has 0 radical (unpaired) electrons. The predicted octanol–water partition coefficient (Wildman–Crippen LogP) is 4.86. The molecule has 0 spiro atoms. The zero-order valence-electron chi connectivity index (χ0n) is 11.7. The molecule has 0 bridgehead atoms. The van der Waals surface area contributed by atoms with Crippen LogP contribution in [0.15, 0.2) is 41.4 Å². The lowest BCUT2D eigenvalue weighted by Crippen LogP contribution is -2.12. The Hall–Kier alpha value is -2.11. The highest BCUT2D eigenvalue weighted by Crippen LogP contribution is 2.42. The summed E-state index contributed by atoms with van der Waals surface area (Å²) in [6.45, 7) is 2.03. The Bertz CT molecular complexity index is 917. The number of aliphatic imine (C=N–C) groups is 1. The van der Waals surface area contributed by atoms with Gasteiger partial charge in [0.15, 0.2) is 0 Å². The van der Waals surface area contributed by atoms with Crippen LogP contribution in [-0.2, 0) is 0 Å². The van der Waals surface area contributed by atoms with Crippen LogP contribution in [-0.4, -0.2) is 5.84 Å². The summed E-state index contributed by atoms with van der Waals surface area (Å²) in [6.07, 6.45) is 0. The predicted molar refractivity (Wildman–Crippen MR) is 93.9 cm³/mol. The third-order valence-corrected chi connectivity index (χ3v) is 4.62. The number of benzene rings is 2. The Morgan fingerprint density at radius 1 is 1.18 bits per heavy atom. The van der Waals surface area contributed by atoms with Crippen molar-refractivity contribution >= 4 is 56.0 Å². The fourth-order valence-corrected chi connectivity index (χ4v) is 3.72. The molecule has 3 aromatic rings. The number of nitrogens with one attached hydrogen (secondary N) is 1. The second kappa shape index (κ2) is 5.26. The number of rotatable bonds is 0. The first-order valence-corrected chi connectivity index (χ1v) is 7.38. The summed E-state index contributed by atoms with van der Waals surface area (Å²) in [5, 5.41) is 5.21. The van der Waals surface area contributed by atoms with Crippen LogP contribution in [0.1, 0.15) is 11.1 Å². The second-order valence-corrected chi connectivity index (χ2v) is 6.14. The van der Waals surface area contributed by atoms with Crippen LogP contribution in [0.25, 0.3) is 10.1 Å². The molecule has 2 aromatic carbocycles. The van der Waals surface area contributed by atoms with Gasteiger partial charge >= 0.3 is 0 Å². The van der Waals surface area contributed by atoms with Crippen molar-refractivity contribution in [2.75, 3.05) is 5.32 Å². The van der Waals surface area contributed by atoms with E-state index in [2.05, 4.69) is 10.3 Å². The maximum atomic E-state index is 13.4. The number of hydrogen-bond donors (Lipinski definition) is 2. The average molecular weight is 334 g/mol. The largest absolute Gasteiger partial charge is 0.383 e. The van der Waals surface area contributed by atoms with E-state index in [0.29, 0.717) is 5.84 Å². The molecule has 2 heterocycles. The van der Waals surface area contributed by atoms with Crippen LogP contribution in [0.5, 0.6) is 0 Å². The minimum Gasteiger partial charge on any atom is -0.383 e. The Kier molecular flexibility index (Phi) is 3.54. The van der Waals surface area contributed by atoms with Crippen molar-refractivity contribution < 1.29 is 4.39 Å². The van der Waals surface area contributed by atoms with Crippen molar-refractivity contribution in [1.82, 2.24) is 0 Å². The molecule has 0 saturated heterocycles. The number of fused-ring (bicyclic) bond motifs is 4. The monoisotopic (exact) mass is 333 g/mol. The standard InChI is InChI=1S/C16H12FN3S.ClH/c1-8-2-5-11-12(6-8)20-16-14(15(18)19-11)10-4-3-9(17)7-13(10)21-16;/h2-7,20H,1H3,(H2,18,19);1H. The molecule has 4 rings (SSSR count). The van der Waals surface area contributed by atoms with Crippen molar-refractivity contribution in [3.8, 4) is 0 Å². The van der Waals surface area contributed by atoms with Crippen LogP contribution in [0.4, 0.5) is 20.8 Å². The van der Waals surface area contributed by atoms with E-state index >= 15 is 0 Å². The molecule has 1 aromatic heterocycles. The number of halogens is 2. The molecule has 3 N–H and O–H groups in total. The highest BCUT2D eigenvalue weighted by molar-refractivity contribution is 7.23. The summed E-state index contributed by atoms with van der Waals surface area (Å²) < 4.78 is 14.3. The van der Waals surface area contributed by atoms with Gasteiger partial charge in [0.1, 0.15) is 16.7 Å². The fraction of sp³-hybridized carbons (Fsp3) is 0.0625. The van der Waals surface area contributed by atoms with Gasteiger partial charge in [-0.1, -0.05) is 6.07 Å². The second-order valence-electron chi connectivity index (χ2n) is 5.09. The number of hydrogen-bond acceptors (Lipinski definition) is 4. The van der Waals surface area contributed by atoms with Crippen LogP contribution in [0, 0.1) is 12.7 Å². The molecule has 0 atom stereocenters. The van der Waals surface area contributed by atoms with Crippen molar-refractivity contribution in [2.24, 2.45) is 10.7 Å². The molecule has 0 aliphatic carbocycles. The van der Waals surface area contributed by atoms with Gasteiger partial charge in [0.05, 0.1) is 16.9 Å². The van der Waals surface area contributed by atoms with E-state index in [1.165, 1.54) is 23.5 Å². The molecule has 0 fully saturated rings.